The molecule has 0 bridgehead atoms. The highest BCUT2D eigenvalue weighted by Crippen LogP contribution is 2.38. The van der Waals surface area contributed by atoms with Crippen LogP contribution in [0.3, 0.4) is 0 Å². The van der Waals surface area contributed by atoms with Crippen LogP contribution in [0, 0.1) is 0 Å². The van der Waals surface area contributed by atoms with Gasteiger partial charge < -0.3 is 56.8 Å². The SMILES string of the molecule is C=CCOC[C@H]1O[C@H](O[C@H]2[C@H](OC(=O)c3ccccc3)[C@@H](OC(=O)c3ccccc3)[C@H](Oc3ccc(OC)cc3)O[C@@H]2COC(=O)c2ccccc2)[C@H](OC(=O)c2ccccc2)[C@@H](OC(=O)c2ccccc2)[C@H]1OC(=O)c1ccccc1. The number of carbonyl (C=O) groups is 6. The molecular weight excluding hydrogens is 1060 g/mol. The van der Waals surface area contributed by atoms with E-state index in [0.717, 1.165) is 0 Å². The van der Waals surface area contributed by atoms with Crippen molar-refractivity contribution in [3.05, 3.63) is 252 Å². The predicted molar refractivity (Wildman–Crippen MR) is 292 cm³/mol. The maximum atomic E-state index is 14.7. The Morgan fingerprint density at radius 1 is 0.390 bits per heavy atom. The van der Waals surface area contributed by atoms with Crippen LogP contribution in [-0.4, -0.2) is 124 Å². The molecule has 420 valence electrons. The standard InChI is InChI=1S/C64H56O18/c1-3-38-72-39-49-51(77-58(66)42-24-12-5-13-25-42)53(78-59(67)43-26-14-6-15-27-43)56(81-62(70)46-32-20-9-21-33-46)64(75-49)82-52-50(40-73-57(65)41-22-10-4-11-23-41)76-63(74-48-36-34-47(71-2)35-37-48)55(80-61(69)45-30-18-8-19-31-45)54(52)79-60(68)44-28-16-7-17-29-44/h3-37,49-56,63-64H,1,38-40H2,2H3/t49-,50-,51+,52-,53+,54+,55-,56-,63-,64-/m1/s1. The summed E-state index contributed by atoms with van der Waals surface area (Å²) in [5, 5.41) is 0. The van der Waals surface area contributed by atoms with Crippen molar-refractivity contribution in [1.29, 1.82) is 0 Å². The molecule has 0 radical (unpaired) electrons. The molecule has 0 saturated carbocycles. The second-order valence-electron chi connectivity index (χ2n) is 18.5. The van der Waals surface area contributed by atoms with E-state index in [2.05, 4.69) is 6.58 Å². The zero-order chi connectivity index (χ0) is 57.2. The molecule has 0 spiro atoms. The lowest BCUT2D eigenvalue weighted by Crippen LogP contribution is -2.67. The summed E-state index contributed by atoms with van der Waals surface area (Å²) in [4.78, 5) is 86.2. The van der Waals surface area contributed by atoms with Gasteiger partial charge in [0.15, 0.2) is 30.7 Å². The van der Waals surface area contributed by atoms with E-state index in [1.54, 1.807) is 133 Å². The second kappa shape index (κ2) is 28.1. The fourth-order valence-corrected chi connectivity index (χ4v) is 8.91. The Bertz CT molecular complexity index is 3220. The summed E-state index contributed by atoms with van der Waals surface area (Å²) in [5.41, 5.74) is 0.507. The van der Waals surface area contributed by atoms with E-state index < -0.39 is 110 Å². The maximum Gasteiger partial charge on any atom is 0.338 e. The van der Waals surface area contributed by atoms with Gasteiger partial charge in [0.05, 0.1) is 53.7 Å². The number of methoxy groups -OCH3 is 1. The van der Waals surface area contributed by atoms with Gasteiger partial charge in [-0.3, -0.25) is 0 Å². The molecule has 9 rings (SSSR count). The summed E-state index contributed by atoms with van der Waals surface area (Å²) in [5.74, 6) is -4.80. The van der Waals surface area contributed by atoms with Crippen LogP contribution in [0.1, 0.15) is 62.1 Å². The first-order valence-electron chi connectivity index (χ1n) is 26.0. The number of ether oxygens (including phenoxy) is 12. The van der Waals surface area contributed by atoms with Crippen LogP contribution < -0.4 is 9.47 Å². The average molecular weight is 1110 g/mol. The molecule has 0 N–H and O–H groups in total. The Labute approximate surface area is 471 Å². The second-order valence-corrected chi connectivity index (χ2v) is 18.5. The third-order valence-electron chi connectivity index (χ3n) is 13.0. The number of hydrogen-bond acceptors (Lipinski definition) is 18. The van der Waals surface area contributed by atoms with Crippen LogP contribution in [0.4, 0.5) is 0 Å². The molecule has 0 unspecified atom stereocenters. The summed E-state index contributed by atoms with van der Waals surface area (Å²) < 4.78 is 76.1. The van der Waals surface area contributed by atoms with E-state index in [9.17, 15) is 28.8 Å². The molecule has 2 heterocycles. The highest BCUT2D eigenvalue weighted by atomic mass is 16.8. The molecule has 18 nitrogen and oxygen atoms in total. The van der Waals surface area contributed by atoms with E-state index in [1.807, 2.05) is 0 Å². The lowest BCUT2D eigenvalue weighted by Gasteiger charge is -2.48. The van der Waals surface area contributed by atoms with Crippen LogP contribution in [-0.2, 0) is 47.4 Å². The maximum absolute atomic E-state index is 14.7. The van der Waals surface area contributed by atoms with Gasteiger partial charge in [0.25, 0.3) is 0 Å². The molecule has 0 amide bonds. The third kappa shape index (κ3) is 14.7. The molecule has 82 heavy (non-hydrogen) atoms. The molecule has 10 atom stereocenters. The predicted octanol–water partition coefficient (Wildman–Crippen LogP) is 9.10. The Hall–Kier alpha value is -9.46. The molecule has 2 aliphatic rings. The van der Waals surface area contributed by atoms with Crippen molar-refractivity contribution in [1.82, 2.24) is 0 Å². The van der Waals surface area contributed by atoms with E-state index in [0.29, 0.717) is 5.75 Å². The van der Waals surface area contributed by atoms with Crippen LogP contribution in [0.25, 0.3) is 0 Å². The quantitative estimate of drug-likeness (QED) is 0.0268. The zero-order valence-corrected chi connectivity index (χ0v) is 44.2. The number of esters is 6. The van der Waals surface area contributed by atoms with E-state index in [1.165, 1.54) is 86.0 Å². The molecule has 2 aliphatic heterocycles. The van der Waals surface area contributed by atoms with Crippen LogP contribution >= 0.6 is 0 Å². The molecular formula is C64H56O18. The topological polar surface area (TPSA) is 213 Å². The van der Waals surface area contributed by atoms with Gasteiger partial charge in [-0.25, -0.2) is 28.8 Å². The molecule has 0 aliphatic carbocycles. The summed E-state index contributed by atoms with van der Waals surface area (Å²) in [6.07, 6.45) is -15.9. The number of rotatable bonds is 22. The first-order valence-corrected chi connectivity index (χ1v) is 26.0. The lowest BCUT2D eigenvalue weighted by atomic mass is 9.95. The van der Waals surface area contributed by atoms with Crippen LogP contribution in [0.5, 0.6) is 11.5 Å². The third-order valence-corrected chi connectivity index (χ3v) is 13.0. The molecule has 7 aromatic carbocycles. The number of hydrogen-bond donors (Lipinski definition) is 0. The van der Waals surface area contributed by atoms with Crippen molar-refractivity contribution in [2.75, 3.05) is 26.9 Å². The summed E-state index contributed by atoms with van der Waals surface area (Å²) in [6, 6.07) is 53.9. The first-order chi connectivity index (χ1) is 40.1. The average Bonchev–Trinajstić information content (AvgIpc) is 3.72. The van der Waals surface area contributed by atoms with Gasteiger partial charge in [0, 0.05) is 0 Å². The monoisotopic (exact) mass is 1110 g/mol. The number of benzene rings is 7. The van der Waals surface area contributed by atoms with Crippen molar-refractivity contribution in [3.8, 4) is 11.5 Å². The summed E-state index contributed by atoms with van der Waals surface area (Å²) >= 11 is 0. The van der Waals surface area contributed by atoms with Crippen molar-refractivity contribution in [2.45, 2.75) is 61.4 Å². The number of carbonyl (C=O) groups excluding carboxylic acids is 6. The van der Waals surface area contributed by atoms with Gasteiger partial charge >= 0.3 is 35.8 Å². The minimum Gasteiger partial charge on any atom is -0.497 e. The van der Waals surface area contributed by atoms with Crippen molar-refractivity contribution >= 4 is 35.8 Å². The fraction of sp³-hybridized carbons (Fsp3) is 0.219. The van der Waals surface area contributed by atoms with Gasteiger partial charge in [-0.05, 0) is 97.1 Å². The van der Waals surface area contributed by atoms with E-state index in [4.69, 9.17) is 56.8 Å². The largest absolute Gasteiger partial charge is 0.497 e. The van der Waals surface area contributed by atoms with Crippen LogP contribution in [0.15, 0.2) is 219 Å². The summed E-state index contributed by atoms with van der Waals surface area (Å²) in [6.45, 7) is 2.65. The Kier molecular flexibility index (Phi) is 19.6. The van der Waals surface area contributed by atoms with Crippen LogP contribution in [0.2, 0.25) is 0 Å². The van der Waals surface area contributed by atoms with E-state index >= 15 is 0 Å². The normalized spacial score (nSPS) is 22.0. The minimum atomic E-state index is -1.95. The Balaban J connectivity index is 1.21. The molecule has 7 aromatic rings. The van der Waals surface area contributed by atoms with Crippen molar-refractivity contribution in [2.24, 2.45) is 0 Å². The van der Waals surface area contributed by atoms with Gasteiger partial charge in [-0.1, -0.05) is 115 Å². The van der Waals surface area contributed by atoms with Crippen molar-refractivity contribution in [3.63, 3.8) is 0 Å². The molecule has 18 heteroatoms. The highest BCUT2D eigenvalue weighted by Gasteiger charge is 2.58. The van der Waals surface area contributed by atoms with E-state index in [-0.39, 0.29) is 45.7 Å². The Morgan fingerprint density at radius 2 is 0.720 bits per heavy atom. The van der Waals surface area contributed by atoms with Gasteiger partial charge in [0.2, 0.25) is 12.4 Å². The fourth-order valence-electron chi connectivity index (χ4n) is 8.91. The van der Waals surface area contributed by atoms with Crippen molar-refractivity contribution < 1.29 is 85.6 Å². The smallest absolute Gasteiger partial charge is 0.338 e. The van der Waals surface area contributed by atoms with Gasteiger partial charge in [-0.15, -0.1) is 6.58 Å². The molecule has 2 saturated heterocycles. The zero-order valence-electron chi connectivity index (χ0n) is 44.2. The van der Waals surface area contributed by atoms with Gasteiger partial charge in [-0.2, -0.15) is 0 Å². The molecule has 0 aromatic heterocycles. The minimum absolute atomic E-state index is 0.0384. The lowest BCUT2D eigenvalue weighted by molar-refractivity contribution is -0.350. The highest BCUT2D eigenvalue weighted by molar-refractivity contribution is 5.92. The first kappa shape index (κ1) is 57.2. The van der Waals surface area contributed by atoms with Gasteiger partial charge in [0.1, 0.15) is 36.4 Å². The molecule has 2 fully saturated rings. The summed E-state index contributed by atoms with van der Waals surface area (Å²) in [7, 11) is 1.49. The Morgan fingerprint density at radius 3 is 1.12 bits per heavy atom.